The molecule has 1 aromatic carbocycles. The molecule has 0 aliphatic carbocycles. The fourth-order valence-corrected chi connectivity index (χ4v) is 3.42. The number of nitrogens with zero attached hydrogens (tertiary/aromatic N) is 5. The number of halogens is 2. The van der Waals surface area contributed by atoms with Crippen molar-refractivity contribution < 1.29 is 8.78 Å². The zero-order chi connectivity index (χ0) is 18.1. The summed E-state index contributed by atoms with van der Waals surface area (Å²) in [5, 5.41) is 4.84. The lowest BCUT2D eigenvalue weighted by molar-refractivity contribution is 0.141. The third kappa shape index (κ3) is 3.02. The average Bonchev–Trinajstić information content (AvgIpc) is 3.10. The Morgan fingerprint density at radius 3 is 2.81 bits per heavy atom. The van der Waals surface area contributed by atoms with E-state index in [0.29, 0.717) is 24.4 Å². The van der Waals surface area contributed by atoms with Gasteiger partial charge in [0.15, 0.2) is 5.82 Å². The van der Waals surface area contributed by atoms with Crippen molar-refractivity contribution in [2.24, 2.45) is 0 Å². The van der Waals surface area contributed by atoms with E-state index in [0.717, 1.165) is 18.2 Å². The van der Waals surface area contributed by atoms with Crippen molar-refractivity contribution in [2.75, 3.05) is 11.4 Å². The van der Waals surface area contributed by atoms with E-state index in [4.69, 9.17) is 0 Å². The Balaban J connectivity index is 1.76. The molecule has 2 aromatic heterocycles. The Kier molecular flexibility index (Phi) is 4.32. The van der Waals surface area contributed by atoms with Crippen molar-refractivity contribution in [2.45, 2.75) is 31.9 Å². The van der Waals surface area contributed by atoms with Crippen LogP contribution in [0.5, 0.6) is 0 Å². The van der Waals surface area contributed by atoms with Crippen LogP contribution in [0.25, 0.3) is 10.9 Å². The summed E-state index contributed by atoms with van der Waals surface area (Å²) in [5.41, 5.74) is 0.314. The number of anilines is 1. The number of benzene rings is 1. The standard InChI is InChI=1S/C18H17F2N5O/c19-16(20)17-22-14-7-2-1-6-13(14)18(23-17)24-10-4-5-12(24)11-25-15(26)8-3-9-21-25/h1-3,6-9,12,16H,4-5,10-11H2. The van der Waals surface area contributed by atoms with Gasteiger partial charge in [-0.05, 0) is 31.0 Å². The largest absolute Gasteiger partial charge is 0.351 e. The van der Waals surface area contributed by atoms with Crippen LogP contribution in [0.1, 0.15) is 25.1 Å². The molecule has 1 unspecified atom stereocenters. The molecule has 4 rings (SSSR count). The van der Waals surface area contributed by atoms with Gasteiger partial charge in [-0.2, -0.15) is 5.10 Å². The minimum absolute atomic E-state index is 0.0357. The fraction of sp³-hybridized carbons (Fsp3) is 0.333. The van der Waals surface area contributed by atoms with Crippen molar-refractivity contribution in [3.8, 4) is 0 Å². The van der Waals surface area contributed by atoms with Crippen LogP contribution in [0.15, 0.2) is 47.4 Å². The van der Waals surface area contributed by atoms with Gasteiger partial charge in [0, 0.05) is 24.2 Å². The van der Waals surface area contributed by atoms with Crippen LogP contribution >= 0.6 is 0 Å². The molecule has 0 saturated carbocycles. The Hall–Kier alpha value is -2.90. The van der Waals surface area contributed by atoms with E-state index in [1.807, 2.05) is 17.0 Å². The lowest BCUT2D eigenvalue weighted by Crippen LogP contribution is -2.37. The molecule has 0 bridgehead atoms. The van der Waals surface area contributed by atoms with Crippen LogP contribution in [0.2, 0.25) is 0 Å². The Labute approximate surface area is 148 Å². The summed E-state index contributed by atoms with van der Waals surface area (Å²) in [6.07, 6.45) is 0.563. The first-order valence-electron chi connectivity index (χ1n) is 8.47. The van der Waals surface area contributed by atoms with Gasteiger partial charge in [-0.15, -0.1) is 0 Å². The van der Waals surface area contributed by atoms with Crippen molar-refractivity contribution in [3.63, 3.8) is 0 Å². The summed E-state index contributed by atoms with van der Waals surface area (Å²) in [5.74, 6) is 0.0248. The number of rotatable bonds is 4. The summed E-state index contributed by atoms with van der Waals surface area (Å²) in [6.45, 7) is 1.08. The predicted molar refractivity (Wildman–Crippen MR) is 93.4 cm³/mol. The highest BCUT2D eigenvalue weighted by molar-refractivity contribution is 5.89. The Bertz CT molecular complexity index is 990. The van der Waals surface area contributed by atoms with Crippen LogP contribution in [0.3, 0.4) is 0 Å². The smallest absolute Gasteiger partial charge is 0.297 e. The van der Waals surface area contributed by atoms with Gasteiger partial charge >= 0.3 is 0 Å². The van der Waals surface area contributed by atoms with Crippen LogP contribution in [0, 0.1) is 0 Å². The van der Waals surface area contributed by atoms with E-state index in [9.17, 15) is 13.6 Å². The lowest BCUT2D eigenvalue weighted by atomic mass is 10.2. The summed E-state index contributed by atoms with van der Waals surface area (Å²) in [4.78, 5) is 22.1. The number of hydrogen-bond acceptors (Lipinski definition) is 5. The third-order valence-electron chi connectivity index (χ3n) is 4.61. The van der Waals surface area contributed by atoms with Crippen LogP contribution in [-0.4, -0.2) is 32.3 Å². The van der Waals surface area contributed by atoms with Gasteiger partial charge in [0.2, 0.25) is 0 Å². The lowest BCUT2D eigenvalue weighted by Gasteiger charge is -2.27. The summed E-state index contributed by atoms with van der Waals surface area (Å²) < 4.78 is 27.9. The molecule has 0 N–H and O–H groups in total. The highest BCUT2D eigenvalue weighted by atomic mass is 19.3. The van der Waals surface area contributed by atoms with E-state index in [2.05, 4.69) is 15.1 Å². The van der Waals surface area contributed by atoms with Gasteiger partial charge in [0.25, 0.3) is 12.0 Å². The second-order valence-corrected chi connectivity index (χ2v) is 6.26. The number of para-hydroxylation sites is 1. The summed E-state index contributed by atoms with van der Waals surface area (Å²) >= 11 is 0. The third-order valence-corrected chi connectivity index (χ3v) is 4.61. The van der Waals surface area contributed by atoms with Gasteiger partial charge < -0.3 is 4.90 Å². The molecule has 1 saturated heterocycles. The maximum Gasteiger partial charge on any atom is 0.297 e. The molecular weight excluding hydrogens is 340 g/mol. The van der Waals surface area contributed by atoms with E-state index in [1.54, 1.807) is 24.4 Å². The quantitative estimate of drug-likeness (QED) is 0.718. The first kappa shape index (κ1) is 16.6. The maximum atomic E-state index is 13.3. The van der Waals surface area contributed by atoms with E-state index < -0.39 is 12.2 Å². The first-order chi connectivity index (χ1) is 12.6. The molecule has 0 spiro atoms. The van der Waals surface area contributed by atoms with Gasteiger partial charge in [-0.25, -0.2) is 23.4 Å². The van der Waals surface area contributed by atoms with E-state index in [-0.39, 0.29) is 11.6 Å². The molecule has 0 amide bonds. The molecule has 3 aromatic rings. The fourth-order valence-electron chi connectivity index (χ4n) is 3.42. The van der Waals surface area contributed by atoms with Crippen LogP contribution in [0.4, 0.5) is 14.6 Å². The van der Waals surface area contributed by atoms with Crippen molar-refractivity contribution in [3.05, 3.63) is 58.8 Å². The van der Waals surface area contributed by atoms with Gasteiger partial charge in [0.05, 0.1) is 18.1 Å². The minimum Gasteiger partial charge on any atom is -0.351 e. The second kappa shape index (κ2) is 6.78. The van der Waals surface area contributed by atoms with Crippen LogP contribution < -0.4 is 10.5 Å². The molecule has 8 heteroatoms. The first-order valence-corrected chi connectivity index (χ1v) is 8.47. The second-order valence-electron chi connectivity index (χ2n) is 6.26. The Morgan fingerprint density at radius 1 is 1.15 bits per heavy atom. The molecular formula is C18H17F2N5O. The van der Waals surface area contributed by atoms with Crippen molar-refractivity contribution in [1.82, 2.24) is 19.7 Å². The molecule has 0 radical (unpaired) electrons. The van der Waals surface area contributed by atoms with Crippen molar-refractivity contribution >= 4 is 16.7 Å². The van der Waals surface area contributed by atoms with E-state index >= 15 is 0 Å². The molecule has 1 aliphatic rings. The number of fused-ring (bicyclic) bond motifs is 1. The molecule has 3 heterocycles. The number of aromatic nitrogens is 4. The average molecular weight is 357 g/mol. The zero-order valence-corrected chi connectivity index (χ0v) is 13.9. The molecule has 1 fully saturated rings. The highest BCUT2D eigenvalue weighted by Crippen LogP contribution is 2.32. The number of hydrogen-bond donors (Lipinski definition) is 0. The van der Waals surface area contributed by atoms with Crippen LogP contribution in [-0.2, 0) is 6.54 Å². The molecule has 6 nitrogen and oxygen atoms in total. The highest BCUT2D eigenvalue weighted by Gasteiger charge is 2.29. The monoisotopic (exact) mass is 357 g/mol. The molecule has 134 valence electrons. The SMILES string of the molecule is O=c1cccnn1CC1CCCN1c1nc(C(F)F)nc2ccccc12. The molecule has 1 atom stereocenters. The summed E-state index contributed by atoms with van der Waals surface area (Å²) in [6, 6.07) is 10.2. The normalized spacial score (nSPS) is 17.3. The Morgan fingerprint density at radius 2 is 2.00 bits per heavy atom. The minimum atomic E-state index is -2.74. The van der Waals surface area contributed by atoms with Gasteiger partial charge in [-0.1, -0.05) is 12.1 Å². The predicted octanol–water partition coefficient (Wildman–Crippen LogP) is 2.79. The van der Waals surface area contributed by atoms with Gasteiger partial charge in [0.1, 0.15) is 5.82 Å². The van der Waals surface area contributed by atoms with E-state index in [1.165, 1.54) is 10.7 Å². The molecule has 26 heavy (non-hydrogen) atoms. The zero-order valence-electron chi connectivity index (χ0n) is 13.9. The molecule has 1 aliphatic heterocycles. The van der Waals surface area contributed by atoms with Crippen molar-refractivity contribution in [1.29, 1.82) is 0 Å². The summed E-state index contributed by atoms with van der Waals surface area (Å²) in [7, 11) is 0. The topological polar surface area (TPSA) is 63.9 Å². The number of alkyl halides is 2. The maximum absolute atomic E-state index is 13.3. The van der Waals surface area contributed by atoms with Gasteiger partial charge in [-0.3, -0.25) is 4.79 Å².